The number of hydrogen-bond donors (Lipinski definition) is 2. The summed E-state index contributed by atoms with van der Waals surface area (Å²) in [7, 11) is 1.53. The molecular weight excluding hydrogens is 296 g/mol. The Hall–Kier alpha value is -3.15. The molecule has 0 radical (unpaired) electrons. The molecule has 2 rings (SSSR count). The first-order valence-corrected chi connectivity index (χ1v) is 6.93. The van der Waals surface area contributed by atoms with Gasteiger partial charge in [0.05, 0.1) is 5.56 Å². The molecule has 0 saturated carbocycles. The summed E-state index contributed by atoms with van der Waals surface area (Å²) in [6.07, 6.45) is 0.667. The lowest BCUT2D eigenvalue weighted by molar-refractivity contribution is -0.118. The maximum atomic E-state index is 11.9. The number of anilines is 1. The molecule has 0 heterocycles. The summed E-state index contributed by atoms with van der Waals surface area (Å²) < 4.78 is 5.34. The predicted octanol–water partition coefficient (Wildman–Crippen LogP) is 1.88. The zero-order valence-corrected chi connectivity index (χ0v) is 12.5. The lowest BCUT2D eigenvalue weighted by Gasteiger charge is -2.09. The second kappa shape index (κ2) is 7.74. The maximum absolute atomic E-state index is 11.9. The third kappa shape index (κ3) is 4.41. The Morgan fingerprint density at radius 3 is 2.65 bits per heavy atom. The molecule has 2 N–H and O–H groups in total. The second-order valence-corrected chi connectivity index (χ2v) is 4.65. The van der Waals surface area contributed by atoms with Crippen LogP contribution in [0.3, 0.4) is 0 Å². The summed E-state index contributed by atoms with van der Waals surface area (Å²) in [6.45, 7) is -0.241. The first-order valence-electron chi connectivity index (χ1n) is 6.93. The third-order valence-electron chi connectivity index (χ3n) is 3.04. The van der Waals surface area contributed by atoms with Gasteiger partial charge in [0.2, 0.25) is 0 Å². The average Bonchev–Trinajstić information content (AvgIpc) is 2.59. The lowest BCUT2D eigenvalue weighted by atomic mass is 10.2. The Morgan fingerprint density at radius 1 is 1.13 bits per heavy atom. The molecule has 0 aliphatic carbocycles. The number of aldehydes is 1. The van der Waals surface area contributed by atoms with E-state index in [1.165, 1.54) is 7.05 Å². The summed E-state index contributed by atoms with van der Waals surface area (Å²) >= 11 is 0. The molecule has 0 spiro atoms. The van der Waals surface area contributed by atoms with Gasteiger partial charge in [0, 0.05) is 18.3 Å². The normalized spacial score (nSPS) is 9.78. The fourth-order valence-electron chi connectivity index (χ4n) is 1.93. The molecule has 6 nitrogen and oxygen atoms in total. The van der Waals surface area contributed by atoms with E-state index in [9.17, 15) is 14.4 Å². The van der Waals surface area contributed by atoms with E-state index in [0.29, 0.717) is 28.8 Å². The van der Waals surface area contributed by atoms with Crippen LogP contribution < -0.4 is 15.4 Å². The molecule has 0 aliphatic rings. The number of para-hydroxylation sites is 1. The van der Waals surface area contributed by atoms with Gasteiger partial charge in [0.1, 0.15) is 5.75 Å². The van der Waals surface area contributed by atoms with E-state index >= 15 is 0 Å². The molecule has 2 amide bonds. The Bertz CT molecular complexity index is 728. The number of nitrogens with one attached hydrogen (secondary N) is 2. The zero-order chi connectivity index (χ0) is 16.7. The van der Waals surface area contributed by atoms with Crippen molar-refractivity contribution in [1.82, 2.24) is 5.32 Å². The Balaban J connectivity index is 1.97. The van der Waals surface area contributed by atoms with Crippen LogP contribution in [-0.2, 0) is 4.79 Å². The molecule has 0 unspecified atom stereocenters. The number of ether oxygens (including phenoxy) is 1. The van der Waals surface area contributed by atoms with Crippen LogP contribution in [0.2, 0.25) is 0 Å². The van der Waals surface area contributed by atoms with E-state index in [1.807, 2.05) is 0 Å². The molecule has 0 fully saturated rings. The molecule has 118 valence electrons. The summed E-state index contributed by atoms with van der Waals surface area (Å²) in [5, 5.41) is 5.15. The number of amides is 2. The zero-order valence-electron chi connectivity index (χ0n) is 12.5. The number of carbonyl (C=O) groups excluding carboxylic acids is 3. The van der Waals surface area contributed by atoms with Crippen LogP contribution in [0.25, 0.3) is 0 Å². The topological polar surface area (TPSA) is 84.5 Å². The van der Waals surface area contributed by atoms with Gasteiger partial charge in [0.25, 0.3) is 11.8 Å². The highest BCUT2D eigenvalue weighted by Gasteiger charge is 2.08. The minimum Gasteiger partial charge on any atom is -0.483 e. The second-order valence-electron chi connectivity index (χ2n) is 4.65. The molecule has 0 aromatic heterocycles. The first-order chi connectivity index (χ1) is 11.1. The van der Waals surface area contributed by atoms with Crippen LogP contribution in [0, 0.1) is 0 Å². The smallest absolute Gasteiger partial charge is 0.262 e. The minimum atomic E-state index is -0.389. The van der Waals surface area contributed by atoms with Gasteiger partial charge in [0.15, 0.2) is 12.9 Å². The van der Waals surface area contributed by atoms with Gasteiger partial charge in [-0.3, -0.25) is 14.4 Å². The van der Waals surface area contributed by atoms with Crippen LogP contribution in [0.15, 0.2) is 48.5 Å². The molecule has 6 heteroatoms. The van der Waals surface area contributed by atoms with Gasteiger partial charge in [-0.25, -0.2) is 0 Å². The highest BCUT2D eigenvalue weighted by Crippen LogP contribution is 2.16. The number of carbonyl (C=O) groups is 3. The van der Waals surface area contributed by atoms with Gasteiger partial charge >= 0.3 is 0 Å². The van der Waals surface area contributed by atoms with E-state index < -0.39 is 0 Å². The van der Waals surface area contributed by atoms with Gasteiger partial charge in [-0.05, 0) is 30.3 Å². The molecule has 0 bridgehead atoms. The van der Waals surface area contributed by atoms with Crippen LogP contribution in [-0.4, -0.2) is 31.8 Å². The molecular formula is C17H16N2O4. The van der Waals surface area contributed by atoms with Crippen LogP contribution >= 0.6 is 0 Å². The van der Waals surface area contributed by atoms with Crippen molar-refractivity contribution < 1.29 is 19.1 Å². The van der Waals surface area contributed by atoms with E-state index in [-0.39, 0.29) is 18.4 Å². The van der Waals surface area contributed by atoms with Crippen molar-refractivity contribution in [3.05, 3.63) is 59.7 Å². The van der Waals surface area contributed by atoms with Crippen molar-refractivity contribution in [2.24, 2.45) is 0 Å². The monoisotopic (exact) mass is 312 g/mol. The molecule has 2 aromatic rings. The van der Waals surface area contributed by atoms with E-state index in [2.05, 4.69) is 10.6 Å². The first kappa shape index (κ1) is 16.2. The van der Waals surface area contributed by atoms with Crippen molar-refractivity contribution in [3.8, 4) is 5.75 Å². The summed E-state index contributed by atoms with van der Waals surface area (Å²) in [5.41, 5.74) is 1.31. The highest BCUT2D eigenvalue weighted by molar-refractivity contribution is 5.97. The summed E-state index contributed by atoms with van der Waals surface area (Å²) in [6, 6.07) is 13.2. The fraction of sp³-hybridized carbons (Fsp3) is 0.118. The number of hydrogen-bond acceptors (Lipinski definition) is 4. The lowest BCUT2D eigenvalue weighted by Crippen LogP contribution is -2.21. The summed E-state index contributed by atoms with van der Waals surface area (Å²) in [5.74, 6) is -0.284. The van der Waals surface area contributed by atoms with E-state index in [0.717, 1.165) is 0 Å². The summed E-state index contributed by atoms with van der Waals surface area (Å²) in [4.78, 5) is 34.3. The SMILES string of the molecule is CNC(=O)c1cccc(NC(=O)COc2ccccc2C=O)c1. The molecule has 2 aromatic carbocycles. The van der Waals surface area contributed by atoms with Crippen LogP contribution in [0.1, 0.15) is 20.7 Å². The van der Waals surface area contributed by atoms with Gasteiger partial charge < -0.3 is 15.4 Å². The predicted molar refractivity (Wildman–Crippen MR) is 85.8 cm³/mol. The Labute approximate surface area is 133 Å². The Morgan fingerprint density at radius 2 is 1.91 bits per heavy atom. The van der Waals surface area contributed by atoms with Crippen molar-refractivity contribution in [3.63, 3.8) is 0 Å². The van der Waals surface area contributed by atoms with Crippen molar-refractivity contribution >= 4 is 23.8 Å². The molecule has 0 saturated heterocycles. The highest BCUT2D eigenvalue weighted by atomic mass is 16.5. The van der Waals surface area contributed by atoms with Crippen molar-refractivity contribution in [2.45, 2.75) is 0 Å². The Kier molecular flexibility index (Phi) is 5.46. The van der Waals surface area contributed by atoms with Gasteiger partial charge in [-0.15, -0.1) is 0 Å². The van der Waals surface area contributed by atoms with Crippen LogP contribution in [0.4, 0.5) is 5.69 Å². The number of benzene rings is 2. The molecule has 0 atom stereocenters. The minimum absolute atomic E-state index is 0.239. The van der Waals surface area contributed by atoms with Gasteiger partial charge in [-0.2, -0.15) is 0 Å². The molecule has 0 aliphatic heterocycles. The maximum Gasteiger partial charge on any atom is 0.262 e. The standard InChI is InChI=1S/C17H16N2O4/c1-18-17(22)12-6-4-7-14(9-12)19-16(21)11-23-15-8-3-2-5-13(15)10-20/h2-10H,11H2,1H3,(H,18,22)(H,19,21). The van der Waals surface area contributed by atoms with Crippen molar-refractivity contribution in [1.29, 1.82) is 0 Å². The van der Waals surface area contributed by atoms with E-state index in [1.54, 1.807) is 48.5 Å². The molecule has 23 heavy (non-hydrogen) atoms. The number of rotatable bonds is 6. The largest absolute Gasteiger partial charge is 0.483 e. The van der Waals surface area contributed by atoms with E-state index in [4.69, 9.17) is 4.74 Å². The quantitative estimate of drug-likeness (QED) is 0.798. The fourth-order valence-corrected chi connectivity index (χ4v) is 1.93. The third-order valence-corrected chi connectivity index (χ3v) is 3.04. The van der Waals surface area contributed by atoms with Crippen LogP contribution in [0.5, 0.6) is 5.75 Å². The van der Waals surface area contributed by atoms with Crippen molar-refractivity contribution in [2.75, 3.05) is 19.0 Å². The average molecular weight is 312 g/mol. The van der Waals surface area contributed by atoms with Gasteiger partial charge in [-0.1, -0.05) is 18.2 Å².